The minimum Gasteiger partial charge on any atom is -0.317 e. The summed E-state index contributed by atoms with van der Waals surface area (Å²) in [4.78, 5) is 0. The summed E-state index contributed by atoms with van der Waals surface area (Å²) in [5.41, 5.74) is 3.15. The smallest absolute Gasteiger partial charge is 0.116 e. The fourth-order valence-electron chi connectivity index (χ4n) is 3.37. The van der Waals surface area contributed by atoms with Crippen LogP contribution < -0.4 is 5.32 Å². The molecule has 1 saturated heterocycles. The molecule has 1 aliphatic heterocycles. The van der Waals surface area contributed by atoms with Crippen molar-refractivity contribution in [1.29, 1.82) is 0 Å². The highest BCUT2D eigenvalue weighted by Gasteiger charge is 2.30. The highest BCUT2D eigenvalue weighted by molar-refractivity contribution is 5.35. The van der Waals surface area contributed by atoms with Gasteiger partial charge in [0.1, 0.15) is 5.67 Å². The van der Waals surface area contributed by atoms with Crippen molar-refractivity contribution >= 4 is 0 Å². The predicted molar refractivity (Wildman–Crippen MR) is 72.7 cm³/mol. The van der Waals surface area contributed by atoms with Gasteiger partial charge in [0.05, 0.1) is 0 Å². The van der Waals surface area contributed by atoms with Gasteiger partial charge in [-0.2, -0.15) is 0 Å². The zero-order valence-electron chi connectivity index (χ0n) is 11.0. The third-order valence-corrected chi connectivity index (χ3v) is 4.41. The van der Waals surface area contributed by atoms with Crippen LogP contribution in [-0.4, -0.2) is 18.8 Å². The molecular weight excluding hydrogens is 225 g/mol. The quantitative estimate of drug-likeness (QED) is 0.846. The third-order valence-electron chi connectivity index (χ3n) is 4.41. The minimum atomic E-state index is -0.990. The molecule has 0 aromatic heterocycles. The van der Waals surface area contributed by atoms with Gasteiger partial charge in [-0.15, -0.1) is 0 Å². The molecule has 1 fully saturated rings. The van der Waals surface area contributed by atoms with Crippen molar-refractivity contribution < 1.29 is 4.39 Å². The molecule has 1 aromatic carbocycles. The summed E-state index contributed by atoms with van der Waals surface area (Å²) in [6, 6.07) is 6.61. The van der Waals surface area contributed by atoms with Gasteiger partial charge in [0.2, 0.25) is 0 Å². The molecule has 1 unspecified atom stereocenters. The molecule has 1 aliphatic carbocycles. The highest BCUT2D eigenvalue weighted by Crippen LogP contribution is 2.30. The molecule has 2 heteroatoms. The maximum Gasteiger partial charge on any atom is 0.116 e. The van der Waals surface area contributed by atoms with Crippen LogP contribution in [-0.2, 0) is 19.3 Å². The van der Waals surface area contributed by atoms with Gasteiger partial charge in [-0.25, -0.2) is 4.39 Å². The third kappa shape index (κ3) is 2.59. The second kappa shape index (κ2) is 5.00. The summed E-state index contributed by atoms with van der Waals surface area (Å²) >= 11 is 0. The first-order chi connectivity index (χ1) is 8.75. The van der Waals surface area contributed by atoms with E-state index in [1.807, 2.05) is 0 Å². The fraction of sp³-hybridized carbons (Fsp3) is 0.625. The Kier molecular flexibility index (Phi) is 3.38. The van der Waals surface area contributed by atoms with Gasteiger partial charge in [0.15, 0.2) is 0 Å². The van der Waals surface area contributed by atoms with Crippen molar-refractivity contribution in [3.8, 4) is 0 Å². The lowest BCUT2D eigenvalue weighted by Crippen LogP contribution is -2.27. The van der Waals surface area contributed by atoms with Gasteiger partial charge in [0.25, 0.3) is 0 Å². The van der Waals surface area contributed by atoms with E-state index in [4.69, 9.17) is 0 Å². The van der Waals surface area contributed by atoms with Crippen molar-refractivity contribution in [3.63, 3.8) is 0 Å². The molecule has 1 nitrogen and oxygen atoms in total. The first-order valence-electron chi connectivity index (χ1n) is 7.26. The first kappa shape index (κ1) is 12.2. The van der Waals surface area contributed by atoms with Gasteiger partial charge in [-0.3, -0.25) is 0 Å². The number of hydrogen-bond acceptors (Lipinski definition) is 1. The van der Waals surface area contributed by atoms with E-state index in [0.29, 0.717) is 19.3 Å². The SMILES string of the molecule is FC1(Cc2ccc3c(c2)CCC3)CCCNCC1. The van der Waals surface area contributed by atoms with Crippen LogP contribution in [0.3, 0.4) is 0 Å². The van der Waals surface area contributed by atoms with Crippen LogP contribution in [0.25, 0.3) is 0 Å². The van der Waals surface area contributed by atoms with Gasteiger partial charge in [-0.05, 0) is 68.3 Å². The Morgan fingerprint density at radius 2 is 1.94 bits per heavy atom. The van der Waals surface area contributed by atoms with E-state index in [9.17, 15) is 4.39 Å². The Labute approximate surface area is 109 Å². The average Bonchev–Trinajstić information content (AvgIpc) is 2.71. The van der Waals surface area contributed by atoms with E-state index in [0.717, 1.165) is 19.5 Å². The lowest BCUT2D eigenvalue weighted by molar-refractivity contribution is 0.144. The molecule has 18 heavy (non-hydrogen) atoms. The van der Waals surface area contributed by atoms with E-state index >= 15 is 0 Å². The Hall–Kier alpha value is -0.890. The highest BCUT2D eigenvalue weighted by atomic mass is 19.1. The second-order valence-corrected chi connectivity index (χ2v) is 5.89. The molecule has 0 radical (unpaired) electrons. The molecule has 0 amide bonds. The summed E-state index contributed by atoms with van der Waals surface area (Å²) in [7, 11) is 0. The van der Waals surface area contributed by atoms with Crippen molar-refractivity contribution in [2.75, 3.05) is 13.1 Å². The molecule has 1 aromatic rings. The standard InChI is InChI=1S/C16H22FN/c17-16(7-2-9-18-10-8-16)12-13-5-6-14-3-1-4-15(14)11-13/h5-6,11,18H,1-4,7-10,12H2. The van der Waals surface area contributed by atoms with Crippen LogP contribution in [0.1, 0.15) is 42.4 Å². The lowest BCUT2D eigenvalue weighted by atomic mass is 9.88. The average molecular weight is 247 g/mol. The fourth-order valence-corrected chi connectivity index (χ4v) is 3.37. The largest absolute Gasteiger partial charge is 0.317 e. The number of rotatable bonds is 2. The minimum absolute atomic E-state index is 0.599. The Morgan fingerprint density at radius 1 is 1.06 bits per heavy atom. The summed E-state index contributed by atoms with van der Waals surface area (Å²) < 4.78 is 14.8. The zero-order chi connectivity index (χ0) is 12.4. The Morgan fingerprint density at radius 3 is 2.89 bits per heavy atom. The van der Waals surface area contributed by atoms with Crippen LogP contribution in [0.2, 0.25) is 0 Å². The molecule has 0 bridgehead atoms. The monoisotopic (exact) mass is 247 g/mol. The molecule has 1 heterocycles. The van der Waals surface area contributed by atoms with Gasteiger partial charge >= 0.3 is 0 Å². The van der Waals surface area contributed by atoms with Crippen LogP contribution >= 0.6 is 0 Å². The van der Waals surface area contributed by atoms with Gasteiger partial charge < -0.3 is 5.32 Å². The van der Waals surface area contributed by atoms with E-state index in [1.54, 1.807) is 0 Å². The van der Waals surface area contributed by atoms with Crippen molar-refractivity contribution in [1.82, 2.24) is 5.32 Å². The summed E-state index contributed by atoms with van der Waals surface area (Å²) in [5, 5.41) is 3.29. The molecule has 1 N–H and O–H groups in total. The lowest BCUT2D eigenvalue weighted by Gasteiger charge is -2.23. The number of fused-ring (bicyclic) bond motifs is 1. The van der Waals surface area contributed by atoms with Crippen LogP contribution in [0.4, 0.5) is 4.39 Å². The topological polar surface area (TPSA) is 12.0 Å². The van der Waals surface area contributed by atoms with E-state index in [1.165, 1.54) is 36.0 Å². The molecular formula is C16H22FN. The molecule has 1 atom stereocenters. The zero-order valence-corrected chi connectivity index (χ0v) is 11.0. The molecule has 0 spiro atoms. The maximum atomic E-state index is 14.8. The molecule has 0 saturated carbocycles. The van der Waals surface area contributed by atoms with Crippen LogP contribution in [0.5, 0.6) is 0 Å². The molecule has 3 rings (SSSR count). The number of aryl methyl sites for hydroxylation is 2. The van der Waals surface area contributed by atoms with Crippen LogP contribution in [0.15, 0.2) is 18.2 Å². The van der Waals surface area contributed by atoms with E-state index in [-0.39, 0.29) is 0 Å². The second-order valence-electron chi connectivity index (χ2n) is 5.89. The maximum absolute atomic E-state index is 14.8. The summed E-state index contributed by atoms with van der Waals surface area (Å²) in [6.07, 6.45) is 6.58. The normalized spacial score (nSPS) is 27.8. The number of hydrogen-bond donors (Lipinski definition) is 1. The Balaban J connectivity index is 1.75. The Bertz CT molecular complexity index is 419. The first-order valence-corrected chi connectivity index (χ1v) is 7.26. The molecule has 2 aliphatic rings. The summed E-state index contributed by atoms with van der Waals surface area (Å²) in [5.74, 6) is 0. The van der Waals surface area contributed by atoms with Crippen LogP contribution in [0, 0.1) is 0 Å². The van der Waals surface area contributed by atoms with Gasteiger partial charge in [0, 0.05) is 6.42 Å². The number of nitrogens with one attached hydrogen (secondary N) is 1. The predicted octanol–water partition coefficient (Wildman–Crippen LogP) is 3.20. The number of alkyl halides is 1. The number of benzene rings is 1. The number of halogens is 1. The summed E-state index contributed by atoms with van der Waals surface area (Å²) in [6.45, 7) is 1.79. The van der Waals surface area contributed by atoms with Gasteiger partial charge in [-0.1, -0.05) is 18.2 Å². The van der Waals surface area contributed by atoms with Crippen molar-refractivity contribution in [2.24, 2.45) is 0 Å². The van der Waals surface area contributed by atoms with Crippen molar-refractivity contribution in [3.05, 3.63) is 34.9 Å². The molecule has 98 valence electrons. The van der Waals surface area contributed by atoms with E-state index < -0.39 is 5.67 Å². The van der Waals surface area contributed by atoms with Crippen molar-refractivity contribution in [2.45, 2.75) is 50.6 Å². The van der Waals surface area contributed by atoms with E-state index in [2.05, 4.69) is 23.5 Å².